The summed E-state index contributed by atoms with van der Waals surface area (Å²) in [6.07, 6.45) is 0.604. The molecule has 1 rings (SSSR count). The summed E-state index contributed by atoms with van der Waals surface area (Å²) < 4.78 is 9.46. The fourth-order valence-corrected chi connectivity index (χ4v) is 1.69. The number of methoxy groups -OCH3 is 2. The number of nitrogens with one attached hydrogen (secondary N) is 2. The molecule has 1 amide bonds. The molecule has 0 aromatic heterocycles. The van der Waals surface area contributed by atoms with E-state index in [1.54, 1.807) is 18.2 Å². The van der Waals surface area contributed by atoms with Gasteiger partial charge in [0.05, 0.1) is 7.11 Å². The highest BCUT2D eigenvalue weighted by Gasteiger charge is 2.16. The summed E-state index contributed by atoms with van der Waals surface area (Å²) in [5.41, 5.74) is 1.37. The SMILES string of the molecule is CCC(Nc1cccc(NC(=O)COC)c1)C(=O)OC. The number of rotatable bonds is 7. The molecule has 1 unspecified atom stereocenters. The van der Waals surface area contributed by atoms with E-state index in [2.05, 4.69) is 10.6 Å². The minimum atomic E-state index is -0.412. The molecule has 0 aliphatic carbocycles. The molecule has 0 heterocycles. The van der Waals surface area contributed by atoms with Crippen molar-refractivity contribution in [3.05, 3.63) is 24.3 Å². The van der Waals surface area contributed by atoms with Crippen LogP contribution in [0.2, 0.25) is 0 Å². The van der Waals surface area contributed by atoms with Crippen molar-refractivity contribution >= 4 is 23.3 Å². The number of benzene rings is 1. The van der Waals surface area contributed by atoms with Crippen LogP contribution in [0.25, 0.3) is 0 Å². The summed E-state index contributed by atoms with van der Waals surface area (Å²) in [5, 5.41) is 5.77. The van der Waals surface area contributed by atoms with E-state index in [-0.39, 0.29) is 18.5 Å². The second-order valence-electron chi connectivity index (χ2n) is 4.19. The number of anilines is 2. The Balaban J connectivity index is 2.72. The van der Waals surface area contributed by atoms with Crippen molar-refractivity contribution in [2.24, 2.45) is 0 Å². The second kappa shape index (κ2) is 8.16. The number of hydrogen-bond donors (Lipinski definition) is 2. The van der Waals surface area contributed by atoms with Gasteiger partial charge in [0, 0.05) is 18.5 Å². The first kappa shape index (κ1) is 16.0. The number of amides is 1. The number of esters is 1. The molecule has 0 fully saturated rings. The summed E-state index contributed by atoms with van der Waals surface area (Å²) in [6.45, 7) is 1.89. The van der Waals surface area contributed by atoms with Gasteiger partial charge in [0.15, 0.2) is 0 Å². The first-order valence-corrected chi connectivity index (χ1v) is 6.34. The van der Waals surface area contributed by atoms with Crippen LogP contribution >= 0.6 is 0 Å². The van der Waals surface area contributed by atoms with E-state index in [0.717, 1.165) is 5.69 Å². The maximum Gasteiger partial charge on any atom is 0.328 e. The molecule has 2 N–H and O–H groups in total. The minimum absolute atomic E-state index is 0.00258. The third kappa shape index (κ3) is 4.89. The van der Waals surface area contributed by atoms with Gasteiger partial charge in [-0.25, -0.2) is 4.79 Å². The normalized spacial score (nSPS) is 11.6. The molecular weight excluding hydrogens is 260 g/mol. The first-order valence-electron chi connectivity index (χ1n) is 6.34. The molecule has 0 bridgehead atoms. The molecule has 6 nitrogen and oxygen atoms in total. The first-order chi connectivity index (χ1) is 9.60. The summed E-state index contributed by atoms with van der Waals surface area (Å²) in [7, 11) is 2.81. The van der Waals surface area contributed by atoms with Crippen LogP contribution in [-0.2, 0) is 19.1 Å². The lowest BCUT2D eigenvalue weighted by molar-refractivity contribution is -0.141. The molecule has 6 heteroatoms. The fraction of sp³-hybridized carbons (Fsp3) is 0.429. The summed E-state index contributed by atoms with van der Waals surface area (Å²) in [4.78, 5) is 23.0. The van der Waals surface area contributed by atoms with Gasteiger partial charge in [0.2, 0.25) is 5.91 Å². The maximum absolute atomic E-state index is 11.5. The molecule has 0 spiro atoms. The maximum atomic E-state index is 11.5. The number of hydrogen-bond acceptors (Lipinski definition) is 5. The molecule has 20 heavy (non-hydrogen) atoms. The van der Waals surface area contributed by atoms with Crippen LogP contribution in [0.1, 0.15) is 13.3 Å². The summed E-state index contributed by atoms with van der Waals surface area (Å²) >= 11 is 0. The van der Waals surface area contributed by atoms with Crippen molar-refractivity contribution in [2.45, 2.75) is 19.4 Å². The summed E-state index contributed by atoms with van der Waals surface area (Å²) in [6, 6.07) is 6.70. The number of ether oxygens (including phenoxy) is 2. The van der Waals surface area contributed by atoms with Crippen molar-refractivity contribution < 1.29 is 19.1 Å². The molecule has 0 aliphatic heterocycles. The van der Waals surface area contributed by atoms with Crippen LogP contribution in [0, 0.1) is 0 Å². The highest BCUT2D eigenvalue weighted by Crippen LogP contribution is 2.17. The Bertz CT molecular complexity index is 462. The predicted molar refractivity (Wildman–Crippen MR) is 76.7 cm³/mol. The average molecular weight is 280 g/mol. The van der Waals surface area contributed by atoms with Crippen molar-refractivity contribution in [3.8, 4) is 0 Å². The van der Waals surface area contributed by atoms with Crippen molar-refractivity contribution in [2.75, 3.05) is 31.5 Å². The van der Waals surface area contributed by atoms with E-state index in [1.807, 2.05) is 13.0 Å². The third-order valence-corrected chi connectivity index (χ3v) is 2.66. The van der Waals surface area contributed by atoms with Crippen LogP contribution in [-0.4, -0.2) is 38.7 Å². The standard InChI is InChI=1S/C14H20N2O4/c1-4-12(14(18)20-3)15-10-6-5-7-11(8-10)16-13(17)9-19-2/h5-8,12,15H,4,9H2,1-3H3,(H,16,17). The molecule has 0 saturated carbocycles. The molecule has 0 radical (unpaired) electrons. The van der Waals surface area contributed by atoms with E-state index < -0.39 is 6.04 Å². The average Bonchev–Trinajstić information content (AvgIpc) is 2.44. The lowest BCUT2D eigenvalue weighted by Crippen LogP contribution is -2.29. The zero-order chi connectivity index (χ0) is 15.0. The van der Waals surface area contributed by atoms with Crippen LogP contribution < -0.4 is 10.6 Å². The fourth-order valence-electron chi connectivity index (χ4n) is 1.69. The third-order valence-electron chi connectivity index (χ3n) is 2.66. The van der Waals surface area contributed by atoms with Crippen LogP contribution in [0.5, 0.6) is 0 Å². The Hall–Kier alpha value is -2.08. The number of carbonyl (C=O) groups excluding carboxylic acids is 2. The highest BCUT2D eigenvalue weighted by atomic mass is 16.5. The zero-order valence-electron chi connectivity index (χ0n) is 11.9. The van der Waals surface area contributed by atoms with Crippen LogP contribution in [0.4, 0.5) is 11.4 Å². The van der Waals surface area contributed by atoms with Gasteiger partial charge in [-0.3, -0.25) is 4.79 Å². The largest absolute Gasteiger partial charge is 0.467 e. The summed E-state index contributed by atoms with van der Waals surface area (Å²) in [5.74, 6) is -0.550. The Morgan fingerprint density at radius 1 is 1.25 bits per heavy atom. The molecule has 110 valence electrons. The Labute approximate surface area is 118 Å². The van der Waals surface area contributed by atoms with Crippen molar-refractivity contribution in [1.29, 1.82) is 0 Å². The lowest BCUT2D eigenvalue weighted by atomic mass is 10.2. The Morgan fingerprint density at radius 3 is 2.55 bits per heavy atom. The van der Waals surface area contributed by atoms with Gasteiger partial charge >= 0.3 is 5.97 Å². The molecule has 1 atom stereocenters. The number of carbonyl (C=O) groups is 2. The van der Waals surface area contributed by atoms with E-state index in [9.17, 15) is 9.59 Å². The second-order valence-corrected chi connectivity index (χ2v) is 4.19. The molecule has 0 saturated heterocycles. The van der Waals surface area contributed by atoms with Gasteiger partial charge in [-0.15, -0.1) is 0 Å². The topological polar surface area (TPSA) is 76.7 Å². The van der Waals surface area contributed by atoms with Crippen LogP contribution in [0.15, 0.2) is 24.3 Å². The Kier molecular flexibility index (Phi) is 6.52. The Morgan fingerprint density at radius 2 is 1.95 bits per heavy atom. The molecule has 0 aliphatic rings. The molecule has 1 aromatic rings. The predicted octanol–water partition coefficient (Wildman–Crippen LogP) is 1.64. The van der Waals surface area contributed by atoms with Gasteiger partial charge in [-0.2, -0.15) is 0 Å². The zero-order valence-corrected chi connectivity index (χ0v) is 11.9. The van der Waals surface area contributed by atoms with E-state index in [4.69, 9.17) is 9.47 Å². The van der Waals surface area contributed by atoms with Gasteiger partial charge < -0.3 is 20.1 Å². The van der Waals surface area contributed by atoms with E-state index >= 15 is 0 Å². The van der Waals surface area contributed by atoms with Gasteiger partial charge in [-0.05, 0) is 24.6 Å². The minimum Gasteiger partial charge on any atom is -0.467 e. The molecule has 1 aromatic carbocycles. The van der Waals surface area contributed by atoms with Crippen molar-refractivity contribution in [3.63, 3.8) is 0 Å². The van der Waals surface area contributed by atoms with Gasteiger partial charge in [0.25, 0.3) is 0 Å². The monoisotopic (exact) mass is 280 g/mol. The lowest BCUT2D eigenvalue weighted by Gasteiger charge is -2.16. The van der Waals surface area contributed by atoms with E-state index in [0.29, 0.717) is 12.1 Å². The van der Waals surface area contributed by atoms with Crippen molar-refractivity contribution in [1.82, 2.24) is 0 Å². The quantitative estimate of drug-likeness (QED) is 0.742. The highest BCUT2D eigenvalue weighted by molar-refractivity contribution is 5.92. The smallest absolute Gasteiger partial charge is 0.328 e. The van der Waals surface area contributed by atoms with Gasteiger partial charge in [-0.1, -0.05) is 13.0 Å². The molecular formula is C14H20N2O4. The van der Waals surface area contributed by atoms with Gasteiger partial charge in [0.1, 0.15) is 12.6 Å². The van der Waals surface area contributed by atoms with E-state index in [1.165, 1.54) is 14.2 Å². The van der Waals surface area contributed by atoms with Crippen LogP contribution in [0.3, 0.4) is 0 Å².